The van der Waals surface area contributed by atoms with Gasteiger partial charge in [-0.05, 0) is 18.8 Å². The summed E-state index contributed by atoms with van der Waals surface area (Å²) in [7, 11) is -3.72. The normalized spacial score (nSPS) is 15.2. The molecule has 0 saturated heterocycles. The van der Waals surface area contributed by atoms with Gasteiger partial charge in [-0.2, -0.15) is 9.40 Å². The first kappa shape index (κ1) is 14.6. The lowest BCUT2D eigenvalue weighted by Gasteiger charge is -2.18. The van der Waals surface area contributed by atoms with Crippen LogP contribution in [0.15, 0.2) is 17.3 Å². The van der Waals surface area contributed by atoms with E-state index in [0.717, 1.165) is 23.7 Å². The largest absolute Gasteiger partial charge is 0.480 e. The van der Waals surface area contributed by atoms with Gasteiger partial charge in [0.15, 0.2) is 0 Å². The summed E-state index contributed by atoms with van der Waals surface area (Å²) in [5.74, 6) is 1.62. The van der Waals surface area contributed by atoms with Gasteiger partial charge in [0, 0.05) is 12.7 Å². The molecule has 1 fully saturated rings. The maximum Gasteiger partial charge on any atom is 0.325 e. The van der Waals surface area contributed by atoms with Crippen LogP contribution < -0.4 is 0 Å². The summed E-state index contributed by atoms with van der Waals surface area (Å²) in [5.41, 5.74) is 0. The van der Waals surface area contributed by atoms with Crippen molar-refractivity contribution in [2.45, 2.75) is 24.3 Å². The lowest BCUT2D eigenvalue weighted by atomic mass is 10.4. The third-order valence-corrected chi connectivity index (χ3v) is 4.74. The van der Waals surface area contributed by atoms with Crippen molar-refractivity contribution in [3.63, 3.8) is 0 Å². The smallest absolute Gasteiger partial charge is 0.325 e. The number of sulfonamides is 1. The summed E-state index contributed by atoms with van der Waals surface area (Å²) in [4.78, 5) is 10.5. The number of carboxylic acid groups (broad SMARTS) is 1. The lowest BCUT2D eigenvalue weighted by Crippen LogP contribution is -2.33. The highest BCUT2D eigenvalue weighted by molar-refractivity contribution is 7.89. The Hall–Kier alpha value is -1.85. The minimum Gasteiger partial charge on any atom is -0.480 e. The third kappa shape index (κ3) is 3.37. The molecule has 0 atom stereocenters. The van der Waals surface area contributed by atoms with Crippen molar-refractivity contribution in [2.75, 3.05) is 13.1 Å². The molecule has 1 heterocycles. The highest BCUT2D eigenvalue weighted by Crippen LogP contribution is 2.31. The van der Waals surface area contributed by atoms with Crippen molar-refractivity contribution >= 4 is 16.0 Å². The second-order valence-corrected chi connectivity index (χ2v) is 6.65. The van der Waals surface area contributed by atoms with Crippen molar-refractivity contribution in [1.29, 1.82) is 0 Å². The molecule has 1 aromatic heterocycles. The van der Waals surface area contributed by atoms with Crippen molar-refractivity contribution in [3.8, 4) is 12.3 Å². The molecule has 0 spiro atoms. The Bertz CT molecular complexity index is 640. The van der Waals surface area contributed by atoms with Crippen LogP contribution in [0.4, 0.5) is 0 Å². The SMILES string of the molecule is C#CCN(CC1CC1)S(=O)(=O)c1cnn(CC(=O)O)c1. The standard InChI is InChI=1S/C12H15N3O4S/c1-2-5-15(7-10-3-4-10)20(18,19)11-6-13-14(8-11)9-12(16)17/h1,6,8,10H,3-5,7,9H2,(H,16,17). The molecule has 0 aliphatic heterocycles. The fourth-order valence-corrected chi connectivity index (χ4v) is 3.17. The maximum absolute atomic E-state index is 12.4. The van der Waals surface area contributed by atoms with Crippen molar-refractivity contribution in [1.82, 2.24) is 14.1 Å². The third-order valence-electron chi connectivity index (χ3n) is 2.97. The summed E-state index contributed by atoms with van der Waals surface area (Å²) in [6, 6.07) is 0. The summed E-state index contributed by atoms with van der Waals surface area (Å²) in [5, 5.41) is 12.4. The van der Waals surface area contributed by atoms with E-state index in [0.29, 0.717) is 12.5 Å². The van der Waals surface area contributed by atoms with Crippen molar-refractivity contribution in [3.05, 3.63) is 12.4 Å². The zero-order valence-corrected chi connectivity index (χ0v) is 11.6. The number of nitrogens with zero attached hydrogens (tertiary/aromatic N) is 3. The molecule has 1 saturated carbocycles. The molecule has 1 N–H and O–H groups in total. The molecule has 0 unspecified atom stereocenters. The molecule has 8 heteroatoms. The highest BCUT2D eigenvalue weighted by Gasteiger charge is 2.32. The van der Waals surface area contributed by atoms with Gasteiger partial charge in [0.05, 0.1) is 12.7 Å². The van der Waals surface area contributed by atoms with E-state index < -0.39 is 16.0 Å². The Morgan fingerprint density at radius 2 is 2.30 bits per heavy atom. The molecular weight excluding hydrogens is 282 g/mol. The second-order valence-electron chi connectivity index (χ2n) is 4.71. The van der Waals surface area contributed by atoms with Crippen molar-refractivity contribution < 1.29 is 18.3 Å². The topological polar surface area (TPSA) is 92.5 Å². The Balaban J connectivity index is 2.20. The van der Waals surface area contributed by atoms with Crippen LogP contribution in [0.2, 0.25) is 0 Å². The number of aromatic nitrogens is 2. The van der Waals surface area contributed by atoms with E-state index in [4.69, 9.17) is 11.5 Å². The first-order chi connectivity index (χ1) is 9.43. The van der Waals surface area contributed by atoms with Gasteiger partial charge in [-0.3, -0.25) is 9.48 Å². The van der Waals surface area contributed by atoms with Gasteiger partial charge in [0.2, 0.25) is 10.0 Å². The number of rotatable bonds is 7. The summed E-state index contributed by atoms with van der Waals surface area (Å²) >= 11 is 0. The molecule has 1 aromatic rings. The average Bonchev–Trinajstić information content (AvgIpc) is 3.05. The van der Waals surface area contributed by atoms with Crippen LogP contribution in [0.1, 0.15) is 12.8 Å². The minimum absolute atomic E-state index is 0.00292. The van der Waals surface area contributed by atoms with Gasteiger partial charge < -0.3 is 5.11 Å². The quantitative estimate of drug-likeness (QED) is 0.715. The monoisotopic (exact) mass is 297 g/mol. The van der Waals surface area contributed by atoms with Gasteiger partial charge in [0.1, 0.15) is 11.4 Å². The van der Waals surface area contributed by atoms with Crippen LogP contribution >= 0.6 is 0 Å². The molecule has 1 aliphatic carbocycles. The maximum atomic E-state index is 12.4. The number of hydrogen-bond acceptors (Lipinski definition) is 4. The minimum atomic E-state index is -3.72. The van der Waals surface area contributed by atoms with Crippen LogP contribution in [0, 0.1) is 18.3 Å². The number of carboxylic acids is 1. The zero-order chi connectivity index (χ0) is 14.8. The first-order valence-corrected chi connectivity index (χ1v) is 7.55. The van der Waals surface area contributed by atoms with Crippen LogP contribution in [-0.4, -0.2) is 46.7 Å². The van der Waals surface area contributed by atoms with Gasteiger partial charge in [0.25, 0.3) is 0 Å². The Morgan fingerprint density at radius 1 is 1.60 bits per heavy atom. The molecule has 2 rings (SSSR count). The van der Waals surface area contributed by atoms with E-state index in [1.165, 1.54) is 10.5 Å². The molecule has 108 valence electrons. The second kappa shape index (κ2) is 5.64. The lowest BCUT2D eigenvalue weighted by molar-refractivity contribution is -0.137. The van der Waals surface area contributed by atoms with E-state index in [1.54, 1.807) is 0 Å². The molecule has 0 bridgehead atoms. The van der Waals surface area contributed by atoms with Gasteiger partial charge in [-0.15, -0.1) is 6.42 Å². The van der Waals surface area contributed by atoms with Crippen LogP contribution in [0.5, 0.6) is 0 Å². The van der Waals surface area contributed by atoms with Crippen LogP contribution in [-0.2, 0) is 21.4 Å². The molecule has 0 aromatic carbocycles. The fourth-order valence-electron chi connectivity index (χ4n) is 1.79. The Kier molecular flexibility index (Phi) is 4.11. The molecule has 20 heavy (non-hydrogen) atoms. The van der Waals surface area contributed by atoms with Crippen LogP contribution in [0.3, 0.4) is 0 Å². The summed E-state index contributed by atoms with van der Waals surface area (Å²) in [6.07, 6.45) is 9.59. The van der Waals surface area contributed by atoms with E-state index in [2.05, 4.69) is 11.0 Å². The molecular formula is C12H15N3O4S. The predicted molar refractivity (Wildman–Crippen MR) is 70.2 cm³/mol. The Labute approximate surface area is 117 Å². The van der Waals surface area contributed by atoms with Gasteiger partial charge in [-0.25, -0.2) is 8.42 Å². The number of aliphatic carboxylic acids is 1. The van der Waals surface area contributed by atoms with E-state index in [9.17, 15) is 13.2 Å². The average molecular weight is 297 g/mol. The van der Waals surface area contributed by atoms with Gasteiger partial charge in [-0.1, -0.05) is 5.92 Å². The fraction of sp³-hybridized carbons (Fsp3) is 0.500. The molecule has 7 nitrogen and oxygen atoms in total. The molecule has 0 amide bonds. The summed E-state index contributed by atoms with van der Waals surface area (Å²) in [6.45, 7) is 0.0207. The number of hydrogen-bond donors (Lipinski definition) is 1. The zero-order valence-electron chi connectivity index (χ0n) is 10.8. The van der Waals surface area contributed by atoms with E-state index in [1.807, 2.05) is 0 Å². The summed E-state index contributed by atoms with van der Waals surface area (Å²) < 4.78 is 27.1. The first-order valence-electron chi connectivity index (χ1n) is 6.11. The Morgan fingerprint density at radius 3 is 2.85 bits per heavy atom. The highest BCUT2D eigenvalue weighted by atomic mass is 32.2. The predicted octanol–water partition coefficient (Wildman–Crippen LogP) is 0.00160. The number of terminal acetylenes is 1. The molecule has 0 radical (unpaired) electrons. The van der Waals surface area contributed by atoms with Crippen LogP contribution in [0.25, 0.3) is 0 Å². The van der Waals surface area contributed by atoms with E-state index in [-0.39, 0.29) is 18.0 Å². The van der Waals surface area contributed by atoms with E-state index >= 15 is 0 Å². The van der Waals surface area contributed by atoms with Gasteiger partial charge >= 0.3 is 5.97 Å². The number of carbonyl (C=O) groups is 1. The van der Waals surface area contributed by atoms with Crippen molar-refractivity contribution in [2.24, 2.45) is 5.92 Å². The molecule has 1 aliphatic rings.